The van der Waals surface area contributed by atoms with Crippen LogP contribution in [0.25, 0.3) is 6.08 Å². The first-order valence-corrected chi connectivity index (χ1v) is 9.85. The maximum Gasteiger partial charge on any atom is 0.270 e. The molecule has 1 amide bonds. The zero-order valence-electron chi connectivity index (χ0n) is 15.0. The Bertz CT molecular complexity index is 937. The van der Waals surface area contributed by atoms with Gasteiger partial charge in [0.1, 0.15) is 17.7 Å². The van der Waals surface area contributed by atoms with Gasteiger partial charge in [0.2, 0.25) is 0 Å². The third kappa shape index (κ3) is 3.45. The van der Waals surface area contributed by atoms with E-state index in [1.54, 1.807) is 34.4 Å². The second-order valence-corrected chi connectivity index (χ2v) is 7.90. The van der Waals surface area contributed by atoms with Crippen molar-refractivity contribution in [3.05, 3.63) is 62.0 Å². The van der Waals surface area contributed by atoms with Crippen LogP contribution in [-0.2, 0) is 13.0 Å². The number of amides is 1. The summed E-state index contributed by atoms with van der Waals surface area (Å²) in [6.07, 6.45) is 4.21. The molecule has 3 heterocycles. The molecule has 0 aliphatic carbocycles. The molecule has 1 aromatic heterocycles. The number of anilines is 1. The largest absolute Gasteiger partial charge is 0.353 e. The van der Waals surface area contributed by atoms with E-state index in [0.717, 1.165) is 42.2 Å². The smallest absolute Gasteiger partial charge is 0.270 e. The van der Waals surface area contributed by atoms with Gasteiger partial charge in [0.05, 0.1) is 28.5 Å². The molecule has 2 aliphatic rings. The summed E-state index contributed by atoms with van der Waals surface area (Å²) in [5.74, 6) is -0.0464. The minimum Gasteiger partial charge on any atom is -0.353 e. The first-order chi connectivity index (χ1) is 13.0. The second-order valence-electron chi connectivity index (χ2n) is 6.79. The molecule has 4 rings (SSSR count). The summed E-state index contributed by atoms with van der Waals surface area (Å²) in [6.45, 7) is 5.33. The van der Waals surface area contributed by atoms with Crippen molar-refractivity contribution in [2.45, 2.75) is 26.1 Å². The SMILES string of the molecule is CC[NH+]1CCc2c(sc3c2C(=O)N[C@H](/C=C\c2cccc([N+](=O)[O-])c2)N3)C1. The molecular formula is C19H21N4O3S+. The molecule has 2 aromatic rings. The van der Waals surface area contributed by atoms with E-state index >= 15 is 0 Å². The molecule has 3 N–H and O–H groups in total. The van der Waals surface area contributed by atoms with E-state index in [1.807, 2.05) is 6.08 Å². The topological polar surface area (TPSA) is 88.7 Å². The molecule has 1 aromatic carbocycles. The van der Waals surface area contributed by atoms with Crippen molar-refractivity contribution in [3.8, 4) is 0 Å². The zero-order chi connectivity index (χ0) is 19.0. The van der Waals surface area contributed by atoms with Gasteiger partial charge in [-0.25, -0.2) is 0 Å². The number of quaternary nitrogens is 1. The molecule has 0 fully saturated rings. The van der Waals surface area contributed by atoms with Gasteiger partial charge in [0.25, 0.3) is 11.6 Å². The zero-order valence-corrected chi connectivity index (χ0v) is 15.8. The van der Waals surface area contributed by atoms with Crippen molar-refractivity contribution in [1.82, 2.24) is 5.32 Å². The van der Waals surface area contributed by atoms with Gasteiger partial charge in [0, 0.05) is 18.6 Å². The summed E-state index contributed by atoms with van der Waals surface area (Å²) >= 11 is 1.68. The van der Waals surface area contributed by atoms with Crippen molar-refractivity contribution >= 4 is 34.0 Å². The van der Waals surface area contributed by atoms with Crippen LogP contribution < -0.4 is 15.5 Å². The fourth-order valence-corrected chi connectivity index (χ4v) is 4.97. The highest BCUT2D eigenvalue weighted by Crippen LogP contribution is 2.36. The Kier molecular flexibility index (Phi) is 4.67. The van der Waals surface area contributed by atoms with Crippen molar-refractivity contribution in [2.24, 2.45) is 0 Å². The number of likely N-dealkylation sites (N-methyl/N-ethyl adjacent to an activating group) is 1. The maximum absolute atomic E-state index is 12.7. The fraction of sp³-hybridized carbons (Fsp3) is 0.316. The number of nitro benzene ring substituents is 1. The molecule has 140 valence electrons. The van der Waals surface area contributed by atoms with E-state index in [4.69, 9.17) is 0 Å². The lowest BCUT2D eigenvalue weighted by Crippen LogP contribution is -3.11. The third-order valence-corrected chi connectivity index (χ3v) is 6.26. The van der Waals surface area contributed by atoms with Gasteiger partial charge in [-0.3, -0.25) is 14.9 Å². The number of thiophene rings is 1. The van der Waals surface area contributed by atoms with Crippen LogP contribution in [0.15, 0.2) is 30.3 Å². The number of nitro groups is 1. The molecular weight excluding hydrogens is 364 g/mol. The Morgan fingerprint density at radius 1 is 1.41 bits per heavy atom. The summed E-state index contributed by atoms with van der Waals surface area (Å²) in [4.78, 5) is 26.0. The van der Waals surface area contributed by atoms with Crippen LogP contribution in [0.3, 0.4) is 0 Å². The molecule has 27 heavy (non-hydrogen) atoms. The lowest BCUT2D eigenvalue weighted by molar-refractivity contribution is -0.913. The normalized spacial score (nSPS) is 21.3. The number of fused-ring (bicyclic) bond motifs is 3. The molecule has 2 aliphatic heterocycles. The molecule has 0 radical (unpaired) electrons. The summed E-state index contributed by atoms with van der Waals surface area (Å²) in [7, 11) is 0. The maximum atomic E-state index is 12.7. The standard InChI is InChI=1S/C19H20N4O3S/c1-2-22-9-8-14-15(11-22)27-19-17(14)18(24)20-16(21-19)7-6-12-4-3-5-13(10-12)23(25)26/h3-7,10,16,21H,2,8-9,11H2,1H3,(H,20,24)/p+1/b7-6-/t16-/m0/s1. The van der Waals surface area contributed by atoms with Gasteiger partial charge in [-0.1, -0.05) is 18.2 Å². The highest BCUT2D eigenvalue weighted by molar-refractivity contribution is 7.16. The van der Waals surface area contributed by atoms with Crippen LogP contribution in [0, 0.1) is 10.1 Å². The lowest BCUT2D eigenvalue weighted by atomic mass is 10.0. The number of non-ortho nitro benzene ring substituents is 1. The number of carbonyl (C=O) groups is 1. The molecule has 1 unspecified atom stereocenters. The fourth-order valence-electron chi connectivity index (χ4n) is 3.62. The van der Waals surface area contributed by atoms with Crippen LogP contribution in [0.2, 0.25) is 0 Å². The van der Waals surface area contributed by atoms with Gasteiger partial charge < -0.3 is 15.5 Å². The molecule has 2 atom stereocenters. The number of nitrogens with one attached hydrogen (secondary N) is 3. The average Bonchev–Trinajstić information content (AvgIpc) is 3.04. The first-order valence-electron chi connectivity index (χ1n) is 9.03. The monoisotopic (exact) mass is 385 g/mol. The lowest BCUT2D eigenvalue weighted by Gasteiger charge is -2.25. The molecule has 7 nitrogen and oxygen atoms in total. The predicted octanol–water partition coefficient (Wildman–Crippen LogP) is 1.81. The van der Waals surface area contributed by atoms with E-state index in [1.165, 1.54) is 22.6 Å². The quantitative estimate of drug-likeness (QED) is 0.553. The van der Waals surface area contributed by atoms with Crippen LogP contribution in [0.5, 0.6) is 0 Å². The third-order valence-electron chi connectivity index (χ3n) is 5.09. The Morgan fingerprint density at radius 3 is 3.04 bits per heavy atom. The number of hydrogen-bond donors (Lipinski definition) is 3. The molecule has 8 heteroatoms. The van der Waals surface area contributed by atoms with Crippen molar-refractivity contribution < 1.29 is 14.6 Å². The molecule has 0 spiro atoms. The van der Waals surface area contributed by atoms with Gasteiger partial charge >= 0.3 is 0 Å². The number of benzene rings is 1. The Balaban J connectivity index is 1.54. The number of nitrogens with zero attached hydrogens (tertiary/aromatic N) is 1. The first kappa shape index (κ1) is 17.7. The van der Waals surface area contributed by atoms with Crippen LogP contribution in [0.1, 0.15) is 33.3 Å². The molecule has 0 saturated heterocycles. The predicted molar refractivity (Wildman–Crippen MR) is 105 cm³/mol. The minimum atomic E-state index is -0.415. The number of rotatable bonds is 4. The average molecular weight is 385 g/mol. The Labute approximate surface area is 160 Å². The van der Waals surface area contributed by atoms with Crippen molar-refractivity contribution in [2.75, 3.05) is 18.4 Å². The Morgan fingerprint density at radius 2 is 2.26 bits per heavy atom. The van der Waals surface area contributed by atoms with Gasteiger partial charge in [-0.2, -0.15) is 0 Å². The van der Waals surface area contributed by atoms with E-state index in [0.29, 0.717) is 0 Å². The van der Waals surface area contributed by atoms with Crippen molar-refractivity contribution in [3.63, 3.8) is 0 Å². The van der Waals surface area contributed by atoms with Crippen LogP contribution >= 0.6 is 11.3 Å². The summed E-state index contributed by atoms with van der Waals surface area (Å²) < 4.78 is 0. The van der Waals surface area contributed by atoms with E-state index in [9.17, 15) is 14.9 Å². The van der Waals surface area contributed by atoms with Crippen LogP contribution in [0.4, 0.5) is 10.7 Å². The summed E-state index contributed by atoms with van der Waals surface area (Å²) in [6, 6.07) is 6.42. The highest BCUT2D eigenvalue weighted by atomic mass is 32.1. The number of carbonyl (C=O) groups excluding carboxylic acids is 1. The van der Waals surface area contributed by atoms with Crippen LogP contribution in [-0.4, -0.2) is 30.1 Å². The van der Waals surface area contributed by atoms with Gasteiger partial charge in [0.15, 0.2) is 0 Å². The Hall–Kier alpha value is -2.71. The molecule has 0 saturated carbocycles. The second kappa shape index (κ2) is 7.13. The minimum absolute atomic E-state index is 0.0464. The van der Waals surface area contributed by atoms with Crippen molar-refractivity contribution in [1.29, 1.82) is 0 Å². The molecule has 0 bridgehead atoms. The van der Waals surface area contributed by atoms with Gasteiger partial charge in [-0.05, 0) is 24.1 Å². The summed E-state index contributed by atoms with van der Waals surface area (Å²) in [5, 5.41) is 18.2. The van der Waals surface area contributed by atoms with Gasteiger partial charge in [-0.15, -0.1) is 11.3 Å². The van der Waals surface area contributed by atoms with E-state index in [2.05, 4.69) is 17.6 Å². The van der Waals surface area contributed by atoms with E-state index in [-0.39, 0.29) is 17.8 Å². The van der Waals surface area contributed by atoms with E-state index < -0.39 is 4.92 Å². The number of hydrogen-bond acceptors (Lipinski definition) is 5. The summed E-state index contributed by atoms with van der Waals surface area (Å²) in [5.41, 5.74) is 2.76. The highest BCUT2D eigenvalue weighted by Gasteiger charge is 2.33.